The van der Waals surface area contributed by atoms with Gasteiger partial charge in [-0.3, -0.25) is 9.78 Å². The number of hydrogen-bond donors (Lipinski definition) is 2. The Kier molecular flexibility index (Phi) is 7.68. The van der Waals surface area contributed by atoms with Crippen molar-refractivity contribution in [2.24, 2.45) is 0 Å². The molecule has 1 aromatic carbocycles. The van der Waals surface area contributed by atoms with Crippen LogP contribution in [0.5, 0.6) is 0 Å². The maximum atomic E-state index is 12.5. The number of aryl methyl sites for hydroxylation is 1. The van der Waals surface area contributed by atoms with Gasteiger partial charge in [0.2, 0.25) is 0 Å². The Balaban J connectivity index is 0.000000396. The van der Waals surface area contributed by atoms with Crippen molar-refractivity contribution < 1.29 is 32.4 Å². The Hall–Kier alpha value is -3.69. The summed E-state index contributed by atoms with van der Waals surface area (Å²) in [5.74, 6) is -2.43. The molecule has 0 aliphatic carbocycles. The van der Waals surface area contributed by atoms with Gasteiger partial charge in [0.15, 0.2) is 5.76 Å². The van der Waals surface area contributed by atoms with Gasteiger partial charge in [-0.25, -0.2) is 4.79 Å². The molecule has 1 amide bonds. The first-order valence-corrected chi connectivity index (χ1v) is 8.69. The van der Waals surface area contributed by atoms with Crippen molar-refractivity contribution in [3.05, 3.63) is 71.7 Å². The van der Waals surface area contributed by atoms with Crippen LogP contribution in [0.2, 0.25) is 0 Å². The van der Waals surface area contributed by atoms with Crippen molar-refractivity contribution in [2.75, 3.05) is 6.54 Å². The number of pyridine rings is 1. The number of rotatable bonds is 5. The maximum Gasteiger partial charge on any atom is 0.490 e. The number of amides is 1. The molecule has 158 valence electrons. The lowest BCUT2D eigenvalue weighted by Crippen LogP contribution is -2.26. The van der Waals surface area contributed by atoms with Crippen molar-refractivity contribution in [3.8, 4) is 11.3 Å². The summed E-state index contributed by atoms with van der Waals surface area (Å²) >= 11 is 0. The van der Waals surface area contributed by atoms with E-state index in [1.54, 1.807) is 19.3 Å². The van der Waals surface area contributed by atoms with Gasteiger partial charge in [0.05, 0.1) is 5.69 Å². The van der Waals surface area contributed by atoms with Crippen LogP contribution in [0.3, 0.4) is 0 Å². The van der Waals surface area contributed by atoms with Crippen LogP contribution in [-0.2, 0) is 11.2 Å². The van der Waals surface area contributed by atoms with Gasteiger partial charge in [-0.05, 0) is 25.0 Å². The molecular weight excluding hydrogens is 403 g/mol. The minimum absolute atomic E-state index is 0.175. The van der Waals surface area contributed by atoms with E-state index in [-0.39, 0.29) is 5.91 Å². The van der Waals surface area contributed by atoms with Gasteiger partial charge < -0.3 is 14.9 Å². The zero-order valence-corrected chi connectivity index (χ0v) is 15.8. The molecule has 0 bridgehead atoms. The fraction of sp³-hybridized carbons (Fsp3) is 0.200. The predicted molar refractivity (Wildman–Crippen MR) is 101 cm³/mol. The lowest BCUT2D eigenvalue weighted by molar-refractivity contribution is -0.192. The van der Waals surface area contributed by atoms with Gasteiger partial charge in [0, 0.05) is 24.5 Å². The van der Waals surface area contributed by atoms with Crippen molar-refractivity contribution in [2.45, 2.75) is 19.5 Å². The first-order valence-electron chi connectivity index (χ1n) is 8.69. The number of carboxylic acids is 1. The summed E-state index contributed by atoms with van der Waals surface area (Å²) in [4.78, 5) is 25.4. The molecule has 0 aliphatic heterocycles. The third-order valence-corrected chi connectivity index (χ3v) is 3.79. The molecular formula is C20H18F3N3O4. The molecule has 0 spiro atoms. The molecule has 0 saturated heterocycles. The van der Waals surface area contributed by atoms with Gasteiger partial charge in [-0.2, -0.15) is 13.2 Å². The third kappa shape index (κ3) is 6.43. The maximum absolute atomic E-state index is 12.5. The zero-order valence-electron chi connectivity index (χ0n) is 15.8. The number of nitrogens with zero attached hydrogens (tertiary/aromatic N) is 2. The molecule has 3 rings (SSSR count). The largest absolute Gasteiger partial charge is 0.490 e. The van der Waals surface area contributed by atoms with Crippen molar-refractivity contribution in [3.63, 3.8) is 0 Å². The van der Waals surface area contributed by atoms with E-state index in [1.807, 2.05) is 42.5 Å². The molecule has 2 heterocycles. The van der Waals surface area contributed by atoms with Gasteiger partial charge in [0.25, 0.3) is 5.91 Å². The highest BCUT2D eigenvalue weighted by Crippen LogP contribution is 2.25. The van der Waals surface area contributed by atoms with Crippen molar-refractivity contribution >= 4 is 11.9 Å². The zero-order chi connectivity index (χ0) is 22.1. The summed E-state index contributed by atoms with van der Waals surface area (Å²) in [7, 11) is 0. The van der Waals surface area contributed by atoms with Crippen LogP contribution in [0.25, 0.3) is 11.3 Å². The van der Waals surface area contributed by atoms with Crippen LogP contribution in [0.4, 0.5) is 13.2 Å². The minimum Gasteiger partial charge on any atom is -0.475 e. The summed E-state index contributed by atoms with van der Waals surface area (Å²) in [6, 6.07) is 13.4. The summed E-state index contributed by atoms with van der Waals surface area (Å²) in [6.07, 6.45) is -0.828. The number of carbonyl (C=O) groups excluding carboxylic acids is 1. The fourth-order valence-corrected chi connectivity index (χ4v) is 2.38. The highest BCUT2D eigenvalue weighted by atomic mass is 19.4. The quantitative estimate of drug-likeness (QED) is 0.652. The number of benzene rings is 1. The Labute approximate surface area is 169 Å². The molecule has 2 N–H and O–H groups in total. The molecule has 7 nitrogen and oxygen atoms in total. The number of alkyl halides is 3. The predicted octanol–water partition coefficient (Wildman–Crippen LogP) is 3.65. The second-order valence-corrected chi connectivity index (χ2v) is 6.01. The molecule has 3 aromatic rings. The summed E-state index contributed by atoms with van der Waals surface area (Å²) in [6.45, 7) is 2.30. The molecule has 2 aromatic heterocycles. The highest BCUT2D eigenvalue weighted by molar-refractivity contribution is 6.00. The Morgan fingerprint density at radius 3 is 2.37 bits per heavy atom. The number of carboxylic acid groups (broad SMARTS) is 1. The topological polar surface area (TPSA) is 105 Å². The standard InChI is InChI=1S/C18H17N3O2.C2HF3O2/c1-13-16(17(23-21-13)15-7-3-2-4-8-15)18(22)20-11-9-14-6-5-10-19-12-14;3-2(4,5)1(6)7/h2-8,10,12H,9,11H2,1H3,(H,20,22);(H,6,7). The average Bonchev–Trinajstić information content (AvgIpc) is 3.11. The number of carbonyl (C=O) groups is 2. The first kappa shape index (κ1) is 22.6. The van der Waals surface area contributed by atoms with Crippen LogP contribution in [0.15, 0.2) is 59.4 Å². The van der Waals surface area contributed by atoms with Crippen LogP contribution in [-0.4, -0.2) is 39.8 Å². The van der Waals surface area contributed by atoms with E-state index in [0.29, 0.717) is 23.6 Å². The van der Waals surface area contributed by atoms with E-state index in [2.05, 4.69) is 15.5 Å². The molecule has 0 atom stereocenters. The Bertz CT molecular complexity index is 974. The second-order valence-electron chi connectivity index (χ2n) is 6.01. The van der Waals surface area contributed by atoms with Crippen molar-refractivity contribution in [1.29, 1.82) is 0 Å². The van der Waals surface area contributed by atoms with E-state index >= 15 is 0 Å². The lowest BCUT2D eigenvalue weighted by Gasteiger charge is -2.06. The van der Waals surface area contributed by atoms with Crippen LogP contribution >= 0.6 is 0 Å². The number of hydrogen-bond acceptors (Lipinski definition) is 5. The number of nitrogens with one attached hydrogen (secondary N) is 1. The smallest absolute Gasteiger partial charge is 0.475 e. The molecule has 10 heteroatoms. The van der Waals surface area contributed by atoms with Gasteiger partial charge in [0.1, 0.15) is 5.56 Å². The van der Waals surface area contributed by atoms with Gasteiger partial charge in [-0.1, -0.05) is 41.6 Å². The summed E-state index contributed by atoms with van der Waals surface area (Å²) in [5.41, 5.74) is 2.99. The molecule has 30 heavy (non-hydrogen) atoms. The number of aliphatic carboxylic acids is 1. The SMILES string of the molecule is Cc1noc(-c2ccccc2)c1C(=O)NCCc1cccnc1.O=C(O)C(F)(F)F. The van der Waals surface area contributed by atoms with Crippen LogP contribution in [0, 0.1) is 6.92 Å². The summed E-state index contributed by atoms with van der Waals surface area (Å²) < 4.78 is 37.1. The van der Waals surface area contributed by atoms with E-state index in [0.717, 1.165) is 17.5 Å². The normalized spacial score (nSPS) is 10.7. The van der Waals surface area contributed by atoms with E-state index in [4.69, 9.17) is 14.4 Å². The highest BCUT2D eigenvalue weighted by Gasteiger charge is 2.38. The van der Waals surface area contributed by atoms with Gasteiger partial charge in [-0.15, -0.1) is 0 Å². The Morgan fingerprint density at radius 1 is 1.13 bits per heavy atom. The van der Waals surface area contributed by atoms with Crippen molar-refractivity contribution in [1.82, 2.24) is 15.5 Å². The number of halogens is 3. The average molecular weight is 421 g/mol. The molecule has 0 aliphatic rings. The molecule has 0 fully saturated rings. The van der Waals surface area contributed by atoms with E-state index in [1.165, 1.54) is 0 Å². The van der Waals surface area contributed by atoms with Gasteiger partial charge >= 0.3 is 12.1 Å². The second kappa shape index (κ2) is 10.2. The molecule has 0 radical (unpaired) electrons. The van der Waals surface area contributed by atoms with Crippen LogP contribution in [0.1, 0.15) is 21.6 Å². The fourth-order valence-electron chi connectivity index (χ4n) is 2.38. The molecule has 0 saturated carbocycles. The first-order chi connectivity index (χ1) is 14.2. The Morgan fingerprint density at radius 2 is 1.80 bits per heavy atom. The van der Waals surface area contributed by atoms with E-state index < -0.39 is 12.1 Å². The lowest BCUT2D eigenvalue weighted by atomic mass is 10.1. The van der Waals surface area contributed by atoms with Crippen LogP contribution < -0.4 is 5.32 Å². The molecule has 0 unspecified atom stereocenters. The third-order valence-electron chi connectivity index (χ3n) is 3.79. The minimum atomic E-state index is -5.08. The number of aromatic nitrogens is 2. The summed E-state index contributed by atoms with van der Waals surface area (Å²) in [5, 5.41) is 14.0. The van der Waals surface area contributed by atoms with E-state index in [9.17, 15) is 18.0 Å². The monoisotopic (exact) mass is 421 g/mol.